The Bertz CT molecular complexity index is 348. The summed E-state index contributed by atoms with van der Waals surface area (Å²) < 4.78 is 1.07. The number of pyridine rings is 1. The lowest BCUT2D eigenvalue weighted by atomic mass is 10.1. The zero-order valence-electron chi connectivity index (χ0n) is 9.59. The van der Waals surface area contributed by atoms with Crippen molar-refractivity contribution in [3.05, 3.63) is 22.3 Å². The Hall–Kier alpha value is -0.610. The smallest absolute Gasteiger partial charge is 0.126 e. The Kier molecular flexibility index (Phi) is 4.18. The predicted octanol–water partition coefficient (Wildman–Crippen LogP) is 2.71. The summed E-state index contributed by atoms with van der Waals surface area (Å²) in [5.74, 6) is 0.971. The summed E-state index contributed by atoms with van der Waals surface area (Å²) in [5.41, 5.74) is 1.03. The van der Waals surface area contributed by atoms with E-state index in [9.17, 15) is 0 Å². The van der Waals surface area contributed by atoms with Gasteiger partial charge in [0.15, 0.2) is 0 Å². The molecule has 88 valence electrons. The van der Waals surface area contributed by atoms with Crippen molar-refractivity contribution in [3.63, 3.8) is 0 Å². The number of nitrogens with zero attached hydrogens (tertiary/aromatic N) is 1. The molecule has 1 aliphatic heterocycles. The summed E-state index contributed by atoms with van der Waals surface area (Å²) in [4.78, 5) is 4.46. The van der Waals surface area contributed by atoms with Crippen LogP contribution < -0.4 is 10.6 Å². The molecule has 4 heteroatoms. The van der Waals surface area contributed by atoms with Gasteiger partial charge in [-0.3, -0.25) is 0 Å². The molecule has 2 N–H and O–H groups in total. The normalized spacial score (nSPS) is 20.0. The van der Waals surface area contributed by atoms with Crippen LogP contribution in [0.1, 0.15) is 25.0 Å². The van der Waals surface area contributed by atoms with E-state index < -0.39 is 0 Å². The summed E-state index contributed by atoms with van der Waals surface area (Å²) in [6.45, 7) is 4.18. The van der Waals surface area contributed by atoms with Crippen LogP contribution in [0.5, 0.6) is 0 Å². The van der Waals surface area contributed by atoms with Gasteiger partial charge >= 0.3 is 0 Å². The molecule has 1 aliphatic rings. The van der Waals surface area contributed by atoms with Crippen LogP contribution in [0.15, 0.2) is 16.6 Å². The highest BCUT2D eigenvalue weighted by Crippen LogP contribution is 2.16. The van der Waals surface area contributed by atoms with Gasteiger partial charge in [-0.05, 0) is 60.8 Å². The molecule has 0 bridgehead atoms. The molecule has 2 heterocycles. The lowest BCUT2D eigenvalue weighted by Crippen LogP contribution is -2.24. The summed E-state index contributed by atoms with van der Waals surface area (Å²) in [6.07, 6.45) is 3.81. The first-order valence-corrected chi connectivity index (χ1v) is 6.65. The molecule has 1 aromatic rings. The van der Waals surface area contributed by atoms with Crippen LogP contribution in [0.25, 0.3) is 0 Å². The van der Waals surface area contributed by atoms with E-state index in [0.717, 1.165) is 22.5 Å². The summed E-state index contributed by atoms with van der Waals surface area (Å²) in [5, 5.41) is 6.86. The van der Waals surface area contributed by atoms with Gasteiger partial charge in [0.05, 0.1) is 5.69 Å². The fraction of sp³-hybridized carbons (Fsp3) is 0.583. The molecule has 0 saturated carbocycles. The second-order valence-electron chi connectivity index (χ2n) is 4.27. The number of aryl methyl sites for hydroxylation is 1. The number of rotatable bonds is 4. The van der Waals surface area contributed by atoms with Crippen LogP contribution >= 0.6 is 15.9 Å². The Morgan fingerprint density at radius 2 is 2.44 bits per heavy atom. The molecule has 1 atom stereocenters. The van der Waals surface area contributed by atoms with Crippen LogP contribution in [-0.2, 0) is 0 Å². The van der Waals surface area contributed by atoms with E-state index in [4.69, 9.17) is 0 Å². The summed E-state index contributed by atoms with van der Waals surface area (Å²) in [6, 6.07) is 4.75. The molecule has 1 aromatic heterocycles. The molecular weight excluding hydrogens is 266 g/mol. The van der Waals surface area contributed by atoms with Crippen LogP contribution in [0.2, 0.25) is 0 Å². The number of aromatic nitrogens is 1. The molecular formula is C12H18BrN3. The third kappa shape index (κ3) is 3.19. The molecule has 1 fully saturated rings. The van der Waals surface area contributed by atoms with Gasteiger partial charge in [-0.2, -0.15) is 0 Å². The van der Waals surface area contributed by atoms with E-state index in [-0.39, 0.29) is 0 Å². The average molecular weight is 284 g/mol. The minimum atomic E-state index is 0.698. The van der Waals surface area contributed by atoms with Gasteiger partial charge in [0.2, 0.25) is 0 Å². The van der Waals surface area contributed by atoms with Crippen molar-refractivity contribution in [2.75, 3.05) is 18.4 Å². The number of hydrogen-bond acceptors (Lipinski definition) is 3. The first-order valence-electron chi connectivity index (χ1n) is 5.86. The van der Waals surface area contributed by atoms with E-state index in [1.54, 1.807) is 0 Å². The molecule has 1 unspecified atom stereocenters. The molecule has 0 aromatic carbocycles. The van der Waals surface area contributed by atoms with Crippen molar-refractivity contribution in [1.29, 1.82) is 0 Å². The fourth-order valence-electron chi connectivity index (χ4n) is 2.02. The monoisotopic (exact) mass is 283 g/mol. The average Bonchev–Trinajstić information content (AvgIpc) is 2.76. The van der Waals surface area contributed by atoms with Crippen molar-refractivity contribution >= 4 is 21.7 Å². The summed E-state index contributed by atoms with van der Waals surface area (Å²) in [7, 11) is 0. The predicted molar refractivity (Wildman–Crippen MR) is 70.8 cm³/mol. The largest absolute Gasteiger partial charge is 0.370 e. The minimum absolute atomic E-state index is 0.698. The first kappa shape index (κ1) is 11.9. The number of hydrogen-bond donors (Lipinski definition) is 2. The molecule has 0 spiro atoms. The molecule has 0 radical (unpaired) electrons. The maximum absolute atomic E-state index is 4.46. The summed E-state index contributed by atoms with van der Waals surface area (Å²) >= 11 is 3.45. The molecule has 0 aliphatic carbocycles. The van der Waals surface area contributed by atoms with Gasteiger partial charge in [-0.25, -0.2) is 4.98 Å². The van der Waals surface area contributed by atoms with Gasteiger partial charge in [0.25, 0.3) is 0 Å². The second kappa shape index (κ2) is 5.64. The third-order valence-corrected chi connectivity index (χ3v) is 3.82. The van der Waals surface area contributed by atoms with E-state index in [0.29, 0.717) is 6.04 Å². The molecule has 16 heavy (non-hydrogen) atoms. The third-order valence-electron chi connectivity index (χ3n) is 2.98. The standard InChI is InChI=1S/C12H18BrN3/c1-9-11(13)4-5-12(16-9)15-8-6-10-3-2-7-14-10/h4-5,10,14H,2-3,6-8H2,1H3,(H,15,16). The van der Waals surface area contributed by atoms with Gasteiger partial charge in [0, 0.05) is 17.1 Å². The highest BCUT2D eigenvalue weighted by atomic mass is 79.9. The van der Waals surface area contributed by atoms with Crippen molar-refractivity contribution in [1.82, 2.24) is 10.3 Å². The van der Waals surface area contributed by atoms with E-state index >= 15 is 0 Å². The topological polar surface area (TPSA) is 37.0 Å². The quantitative estimate of drug-likeness (QED) is 0.892. The Morgan fingerprint density at radius 3 is 3.12 bits per heavy atom. The molecule has 1 saturated heterocycles. The highest BCUT2D eigenvalue weighted by Gasteiger charge is 2.12. The van der Waals surface area contributed by atoms with Gasteiger partial charge < -0.3 is 10.6 Å². The Labute approximate surface area is 105 Å². The fourth-order valence-corrected chi connectivity index (χ4v) is 2.24. The molecule has 3 nitrogen and oxygen atoms in total. The van der Waals surface area contributed by atoms with Gasteiger partial charge in [-0.15, -0.1) is 0 Å². The number of nitrogens with one attached hydrogen (secondary N) is 2. The van der Waals surface area contributed by atoms with E-state index in [2.05, 4.69) is 31.5 Å². The highest BCUT2D eigenvalue weighted by molar-refractivity contribution is 9.10. The van der Waals surface area contributed by atoms with Crippen LogP contribution in [0.3, 0.4) is 0 Å². The lowest BCUT2D eigenvalue weighted by molar-refractivity contribution is 0.574. The zero-order valence-corrected chi connectivity index (χ0v) is 11.2. The van der Waals surface area contributed by atoms with Crippen LogP contribution in [0.4, 0.5) is 5.82 Å². The maximum Gasteiger partial charge on any atom is 0.126 e. The SMILES string of the molecule is Cc1nc(NCCC2CCCN2)ccc1Br. The van der Waals surface area contributed by atoms with Gasteiger partial charge in [-0.1, -0.05) is 0 Å². The van der Waals surface area contributed by atoms with Crippen molar-refractivity contribution in [2.24, 2.45) is 0 Å². The molecule has 0 amide bonds. The van der Waals surface area contributed by atoms with E-state index in [1.807, 2.05) is 19.1 Å². The van der Waals surface area contributed by atoms with Crippen molar-refractivity contribution < 1.29 is 0 Å². The zero-order chi connectivity index (χ0) is 11.4. The Morgan fingerprint density at radius 1 is 1.56 bits per heavy atom. The van der Waals surface area contributed by atoms with Crippen molar-refractivity contribution in [3.8, 4) is 0 Å². The second-order valence-corrected chi connectivity index (χ2v) is 5.13. The van der Waals surface area contributed by atoms with Crippen molar-refractivity contribution in [2.45, 2.75) is 32.2 Å². The van der Waals surface area contributed by atoms with E-state index in [1.165, 1.54) is 25.8 Å². The number of anilines is 1. The number of halogens is 1. The van der Waals surface area contributed by atoms with Crippen LogP contribution in [-0.4, -0.2) is 24.1 Å². The molecule has 2 rings (SSSR count). The van der Waals surface area contributed by atoms with Crippen LogP contribution in [0, 0.1) is 6.92 Å². The minimum Gasteiger partial charge on any atom is -0.370 e. The Balaban J connectivity index is 1.78. The lowest BCUT2D eigenvalue weighted by Gasteiger charge is -2.11. The van der Waals surface area contributed by atoms with Gasteiger partial charge in [0.1, 0.15) is 5.82 Å². The maximum atomic E-state index is 4.46. The first-order chi connectivity index (χ1) is 7.75.